The molecule has 0 saturated heterocycles. The normalized spacial score (nSPS) is 11.4. The minimum Gasteiger partial charge on any atom is -0.494 e. The molecule has 0 spiro atoms. The van der Waals surface area contributed by atoms with Gasteiger partial charge in [0.05, 0.1) is 12.4 Å². The van der Waals surface area contributed by atoms with Crippen molar-refractivity contribution in [3.63, 3.8) is 0 Å². The van der Waals surface area contributed by atoms with E-state index in [9.17, 15) is 8.42 Å². The van der Waals surface area contributed by atoms with Crippen LogP contribution >= 0.6 is 15.9 Å². The second-order valence-electron chi connectivity index (χ2n) is 3.48. The zero-order valence-electron chi connectivity index (χ0n) is 8.94. The number of rotatable bonds is 5. The lowest BCUT2D eigenvalue weighted by molar-refractivity contribution is 0.317. The molecule has 0 aliphatic carbocycles. The van der Waals surface area contributed by atoms with Crippen LogP contribution in [0.4, 0.5) is 0 Å². The maximum Gasteiger partial charge on any atom is 0.209 e. The Morgan fingerprint density at radius 2 is 2.12 bits per heavy atom. The van der Waals surface area contributed by atoms with Gasteiger partial charge in [0, 0.05) is 4.47 Å². The first-order valence-electron chi connectivity index (χ1n) is 4.78. The average Bonchev–Trinajstić information content (AvgIpc) is 2.17. The first-order valence-corrected chi connectivity index (χ1v) is 7.29. The van der Waals surface area contributed by atoms with Crippen molar-refractivity contribution in [3.8, 4) is 5.75 Å². The Balaban J connectivity index is 2.41. The van der Waals surface area contributed by atoms with Crippen molar-refractivity contribution >= 4 is 26.0 Å². The van der Waals surface area contributed by atoms with Crippen LogP contribution in [0, 0.1) is 6.92 Å². The number of ether oxygens (including phenoxy) is 1. The van der Waals surface area contributed by atoms with E-state index < -0.39 is 10.0 Å². The van der Waals surface area contributed by atoms with Gasteiger partial charge in [-0.1, -0.05) is 15.9 Å². The largest absolute Gasteiger partial charge is 0.494 e. The van der Waals surface area contributed by atoms with E-state index in [-0.39, 0.29) is 5.75 Å². The van der Waals surface area contributed by atoms with E-state index in [1.54, 1.807) is 0 Å². The molecule has 1 aromatic rings. The molecule has 4 nitrogen and oxygen atoms in total. The van der Waals surface area contributed by atoms with Crippen molar-refractivity contribution in [2.24, 2.45) is 5.14 Å². The summed E-state index contributed by atoms with van der Waals surface area (Å²) < 4.78 is 27.7. The van der Waals surface area contributed by atoms with Gasteiger partial charge in [-0.2, -0.15) is 0 Å². The number of hydrogen-bond acceptors (Lipinski definition) is 3. The standard InChI is InChI=1S/C10H14BrNO3S/c1-8-7-9(3-4-10(8)11)15-5-2-6-16(12,13)14/h3-4,7H,2,5-6H2,1H3,(H2,12,13,14). The molecular weight excluding hydrogens is 294 g/mol. The molecule has 1 rings (SSSR count). The number of sulfonamides is 1. The van der Waals surface area contributed by atoms with E-state index in [2.05, 4.69) is 15.9 Å². The van der Waals surface area contributed by atoms with Crippen LogP contribution in [0.2, 0.25) is 0 Å². The molecule has 0 heterocycles. The molecule has 6 heteroatoms. The Labute approximate surface area is 104 Å². The van der Waals surface area contributed by atoms with E-state index >= 15 is 0 Å². The van der Waals surface area contributed by atoms with Crippen LogP contribution in [0.1, 0.15) is 12.0 Å². The zero-order chi connectivity index (χ0) is 12.2. The highest BCUT2D eigenvalue weighted by Gasteiger charge is 2.03. The van der Waals surface area contributed by atoms with Crippen molar-refractivity contribution in [1.82, 2.24) is 0 Å². The topological polar surface area (TPSA) is 69.4 Å². The molecule has 2 N–H and O–H groups in total. The fourth-order valence-corrected chi connectivity index (χ4v) is 1.92. The van der Waals surface area contributed by atoms with E-state index in [1.165, 1.54) is 0 Å². The van der Waals surface area contributed by atoms with E-state index in [0.717, 1.165) is 15.8 Å². The predicted octanol–water partition coefficient (Wildman–Crippen LogP) is 1.81. The lowest BCUT2D eigenvalue weighted by atomic mass is 10.2. The molecule has 0 atom stereocenters. The summed E-state index contributed by atoms with van der Waals surface area (Å²) in [6.07, 6.45) is 0.397. The molecular formula is C10H14BrNO3S. The summed E-state index contributed by atoms with van der Waals surface area (Å²) in [4.78, 5) is 0. The van der Waals surface area contributed by atoms with Crippen LogP contribution in [0.15, 0.2) is 22.7 Å². The van der Waals surface area contributed by atoms with Crippen LogP contribution in [-0.2, 0) is 10.0 Å². The Morgan fingerprint density at radius 1 is 1.44 bits per heavy atom. The summed E-state index contributed by atoms with van der Waals surface area (Å²) in [7, 11) is -3.38. The molecule has 0 radical (unpaired) electrons. The number of primary sulfonamides is 1. The van der Waals surface area contributed by atoms with Gasteiger partial charge in [-0.3, -0.25) is 0 Å². The van der Waals surface area contributed by atoms with Gasteiger partial charge >= 0.3 is 0 Å². The van der Waals surface area contributed by atoms with Crippen LogP contribution in [-0.4, -0.2) is 20.8 Å². The minimum absolute atomic E-state index is 0.0531. The van der Waals surface area contributed by atoms with Crippen LogP contribution in [0.25, 0.3) is 0 Å². The van der Waals surface area contributed by atoms with Gasteiger partial charge in [0.1, 0.15) is 5.75 Å². The first-order chi connectivity index (χ1) is 7.38. The summed E-state index contributed by atoms with van der Waals surface area (Å²) in [5.41, 5.74) is 1.07. The Kier molecular flexibility index (Phi) is 4.76. The molecule has 0 unspecified atom stereocenters. The summed E-state index contributed by atoms with van der Waals surface area (Å²) in [6.45, 7) is 2.30. The van der Waals surface area contributed by atoms with E-state index in [0.29, 0.717) is 13.0 Å². The van der Waals surface area contributed by atoms with Gasteiger partial charge in [0.2, 0.25) is 10.0 Å². The van der Waals surface area contributed by atoms with Gasteiger partial charge < -0.3 is 4.74 Å². The minimum atomic E-state index is -3.38. The van der Waals surface area contributed by atoms with Crippen molar-refractivity contribution in [2.75, 3.05) is 12.4 Å². The van der Waals surface area contributed by atoms with Crippen LogP contribution < -0.4 is 9.88 Å². The van der Waals surface area contributed by atoms with Gasteiger partial charge in [-0.05, 0) is 37.1 Å². The molecule has 0 aromatic heterocycles. The Bertz CT molecular complexity index is 459. The van der Waals surface area contributed by atoms with Crippen molar-refractivity contribution in [3.05, 3.63) is 28.2 Å². The highest BCUT2D eigenvalue weighted by Crippen LogP contribution is 2.21. The van der Waals surface area contributed by atoms with Crippen LogP contribution in [0.3, 0.4) is 0 Å². The van der Waals surface area contributed by atoms with Gasteiger partial charge in [0.25, 0.3) is 0 Å². The number of nitrogens with two attached hydrogens (primary N) is 1. The van der Waals surface area contributed by atoms with Crippen molar-refractivity contribution in [1.29, 1.82) is 0 Å². The van der Waals surface area contributed by atoms with Gasteiger partial charge in [-0.15, -0.1) is 0 Å². The molecule has 16 heavy (non-hydrogen) atoms. The Hall–Kier alpha value is -0.590. The number of aryl methyl sites for hydroxylation is 1. The van der Waals surface area contributed by atoms with Crippen molar-refractivity contribution < 1.29 is 13.2 Å². The third-order valence-corrected chi connectivity index (χ3v) is 3.72. The molecule has 0 aliphatic rings. The second kappa shape index (κ2) is 5.65. The smallest absolute Gasteiger partial charge is 0.209 e. The lowest BCUT2D eigenvalue weighted by Crippen LogP contribution is -2.18. The first kappa shape index (κ1) is 13.5. The lowest BCUT2D eigenvalue weighted by Gasteiger charge is -2.07. The highest BCUT2D eigenvalue weighted by atomic mass is 79.9. The maximum absolute atomic E-state index is 10.7. The quantitative estimate of drug-likeness (QED) is 0.844. The van der Waals surface area contributed by atoms with E-state index in [4.69, 9.17) is 9.88 Å². The summed E-state index contributed by atoms with van der Waals surface area (Å²) in [5.74, 6) is 0.679. The van der Waals surface area contributed by atoms with Crippen molar-refractivity contribution in [2.45, 2.75) is 13.3 Å². The van der Waals surface area contributed by atoms with Crippen LogP contribution in [0.5, 0.6) is 5.75 Å². The zero-order valence-corrected chi connectivity index (χ0v) is 11.3. The summed E-state index contributed by atoms with van der Waals surface area (Å²) in [6, 6.07) is 5.61. The average molecular weight is 308 g/mol. The SMILES string of the molecule is Cc1cc(OCCCS(N)(=O)=O)ccc1Br. The molecule has 0 amide bonds. The Morgan fingerprint density at radius 3 is 2.69 bits per heavy atom. The second-order valence-corrected chi connectivity index (χ2v) is 6.07. The molecule has 0 bridgehead atoms. The molecule has 0 aliphatic heterocycles. The van der Waals surface area contributed by atoms with E-state index in [1.807, 2.05) is 25.1 Å². The number of benzene rings is 1. The third kappa shape index (κ3) is 4.96. The molecule has 0 saturated carbocycles. The predicted molar refractivity (Wildman–Crippen MR) is 67.0 cm³/mol. The third-order valence-electron chi connectivity index (χ3n) is 1.97. The summed E-state index contributed by atoms with van der Waals surface area (Å²) in [5, 5.41) is 4.87. The molecule has 0 fully saturated rings. The number of halogens is 1. The fourth-order valence-electron chi connectivity index (χ4n) is 1.16. The molecule has 90 valence electrons. The highest BCUT2D eigenvalue weighted by molar-refractivity contribution is 9.10. The summed E-state index contributed by atoms with van der Waals surface area (Å²) >= 11 is 3.39. The fraction of sp³-hybridized carbons (Fsp3) is 0.400. The van der Waals surface area contributed by atoms with Gasteiger partial charge in [-0.25, -0.2) is 13.6 Å². The number of hydrogen-bond donors (Lipinski definition) is 1. The maximum atomic E-state index is 10.7. The van der Waals surface area contributed by atoms with Gasteiger partial charge in [0.15, 0.2) is 0 Å². The monoisotopic (exact) mass is 307 g/mol. The molecule has 1 aromatic carbocycles.